The second-order valence-corrected chi connectivity index (χ2v) is 7.02. The van der Waals surface area contributed by atoms with E-state index in [1.54, 1.807) is 24.3 Å². The summed E-state index contributed by atoms with van der Waals surface area (Å²) in [5.74, 6) is 0.778. The van der Waals surface area contributed by atoms with Crippen LogP contribution in [0.15, 0.2) is 36.4 Å². The second-order valence-electron chi connectivity index (χ2n) is 7.02. The first-order chi connectivity index (χ1) is 14.1. The molecular formula is C22H27FN2O4. The summed E-state index contributed by atoms with van der Waals surface area (Å²) < 4.78 is 30.0. The second kappa shape index (κ2) is 9.60. The van der Waals surface area contributed by atoms with E-state index in [0.29, 0.717) is 41.5 Å². The highest BCUT2D eigenvalue weighted by atomic mass is 19.1. The van der Waals surface area contributed by atoms with Crippen molar-refractivity contribution in [2.45, 2.75) is 25.4 Å². The number of rotatable bonds is 7. The van der Waals surface area contributed by atoms with E-state index in [1.807, 2.05) is 6.07 Å². The van der Waals surface area contributed by atoms with Crippen LogP contribution in [0.25, 0.3) is 0 Å². The molecule has 0 spiro atoms. The van der Waals surface area contributed by atoms with Gasteiger partial charge in [0.25, 0.3) is 5.91 Å². The van der Waals surface area contributed by atoms with Crippen molar-refractivity contribution >= 4 is 5.91 Å². The maximum atomic E-state index is 14.0. The Labute approximate surface area is 170 Å². The van der Waals surface area contributed by atoms with Gasteiger partial charge in [-0.15, -0.1) is 0 Å². The number of halogens is 1. The van der Waals surface area contributed by atoms with Crippen molar-refractivity contribution in [3.8, 4) is 17.2 Å². The number of carbonyl (C=O) groups is 1. The number of nitrogens with one attached hydrogen (secondary N) is 1. The van der Waals surface area contributed by atoms with Gasteiger partial charge >= 0.3 is 0 Å². The topological polar surface area (TPSA) is 60.0 Å². The number of piperidine rings is 1. The zero-order valence-corrected chi connectivity index (χ0v) is 17.0. The van der Waals surface area contributed by atoms with Crippen LogP contribution in [0.3, 0.4) is 0 Å². The minimum absolute atomic E-state index is 0.0270. The minimum atomic E-state index is -0.236. The van der Waals surface area contributed by atoms with E-state index in [1.165, 1.54) is 27.4 Å². The number of carbonyl (C=O) groups excluding carboxylic acids is 1. The molecule has 1 aliphatic heterocycles. The fraction of sp³-hybridized carbons (Fsp3) is 0.409. The minimum Gasteiger partial charge on any atom is -0.493 e. The first-order valence-electron chi connectivity index (χ1n) is 9.63. The van der Waals surface area contributed by atoms with Crippen molar-refractivity contribution in [3.63, 3.8) is 0 Å². The van der Waals surface area contributed by atoms with Gasteiger partial charge in [-0.25, -0.2) is 4.39 Å². The van der Waals surface area contributed by atoms with Crippen molar-refractivity contribution in [2.75, 3.05) is 34.4 Å². The van der Waals surface area contributed by atoms with Crippen molar-refractivity contribution in [1.82, 2.24) is 10.2 Å². The number of benzene rings is 2. The predicted octanol–water partition coefficient (Wildman–Crippen LogP) is 3.25. The molecule has 1 heterocycles. The van der Waals surface area contributed by atoms with Gasteiger partial charge in [0.05, 0.1) is 26.9 Å². The molecular weight excluding hydrogens is 375 g/mol. The number of ether oxygens (including phenoxy) is 3. The molecule has 7 heteroatoms. The fourth-order valence-electron chi connectivity index (χ4n) is 3.73. The third-order valence-corrected chi connectivity index (χ3v) is 5.14. The van der Waals surface area contributed by atoms with E-state index in [9.17, 15) is 9.18 Å². The summed E-state index contributed by atoms with van der Waals surface area (Å²) in [4.78, 5) is 15.1. The van der Waals surface area contributed by atoms with Gasteiger partial charge in [-0.05, 0) is 37.6 Å². The molecule has 3 rings (SSSR count). The molecule has 0 bridgehead atoms. The number of hydrogen-bond acceptors (Lipinski definition) is 5. The van der Waals surface area contributed by atoms with Crippen LogP contribution in [0, 0.1) is 5.82 Å². The van der Waals surface area contributed by atoms with Crippen LogP contribution < -0.4 is 19.5 Å². The molecule has 2 aromatic rings. The molecule has 0 aromatic heterocycles. The fourth-order valence-corrected chi connectivity index (χ4v) is 3.73. The van der Waals surface area contributed by atoms with Gasteiger partial charge in [0.2, 0.25) is 5.75 Å². The maximum Gasteiger partial charge on any atom is 0.255 e. The van der Waals surface area contributed by atoms with Crippen molar-refractivity contribution in [2.24, 2.45) is 0 Å². The van der Waals surface area contributed by atoms with Crippen LogP contribution in [-0.2, 0) is 6.54 Å². The molecule has 0 saturated carbocycles. The van der Waals surface area contributed by atoms with E-state index < -0.39 is 0 Å². The van der Waals surface area contributed by atoms with E-state index >= 15 is 0 Å². The molecule has 0 radical (unpaired) electrons. The highest BCUT2D eigenvalue weighted by Crippen LogP contribution is 2.39. The van der Waals surface area contributed by atoms with Crippen molar-refractivity contribution < 1.29 is 23.4 Å². The first kappa shape index (κ1) is 20.9. The van der Waals surface area contributed by atoms with Crippen molar-refractivity contribution in [1.29, 1.82) is 0 Å². The number of methoxy groups -OCH3 is 3. The van der Waals surface area contributed by atoms with Gasteiger partial charge in [0, 0.05) is 24.7 Å². The van der Waals surface area contributed by atoms with Gasteiger partial charge < -0.3 is 19.5 Å². The highest BCUT2D eigenvalue weighted by Gasteiger charge is 2.25. The van der Waals surface area contributed by atoms with E-state index in [2.05, 4.69) is 10.2 Å². The molecule has 1 amide bonds. The molecule has 2 aromatic carbocycles. The van der Waals surface area contributed by atoms with Gasteiger partial charge in [-0.3, -0.25) is 9.69 Å². The molecule has 156 valence electrons. The lowest BCUT2D eigenvalue weighted by Gasteiger charge is -2.33. The van der Waals surface area contributed by atoms with Crippen LogP contribution in [0.4, 0.5) is 4.39 Å². The summed E-state index contributed by atoms with van der Waals surface area (Å²) in [6, 6.07) is 10.1. The van der Waals surface area contributed by atoms with Crippen LogP contribution in [0.1, 0.15) is 28.8 Å². The summed E-state index contributed by atoms with van der Waals surface area (Å²) in [5.41, 5.74) is 1.05. The smallest absolute Gasteiger partial charge is 0.255 e. The molecule has 1 saturated heterocycles. The summed E-state index contributed by atoms with van der Waals surface area (Å²) in [6.07, 6.45) is 1.80. The summed E-state index contributed by atoms with van der Waals surface area (Å²) in [6.45, 7) is 2.06. The third kappa shape index (κ3) is 4.79. The lowest BCUT2D eigenvalue weighted by Crippen LogP contribution is -2.47. The van der Waals surface area contributed by atoms with Crippen molar-refractivity contribution in [3.05, 3.63) is 53.3 Å². The molecule has 1 atom stereocenters. The number of amides is 1. The summed E-state index contributed by atoms with van der Waals surface area (Å²) >= 11 is 0. The van der Waals surface area contributed by atoms with E-state index in [-0.39, 0.29) is 17.8 Å². The zero-order valence-electron chi connectivity index (χ0n) is 17.0. The molecule has 1 N–H and O–H groups in total. The predicted molar refractivity (Wildman–Crippen MR) is 108 cm³/mol. The lowest BCUT2D eigenvalue weighted by atomic mass is 10.0. The van der Waals surface area contributed by atoms with Gasteiger partial charge in [-0.2, -0.15) is 0 Å². The standard InChI is InChI=1S/C22H27FN2O4/c1-27-19-11-10-17(20(28-2)21(19)29-3)22(26)24-16-8-6-12-25(14-16)13-15-7-4-5-9-18(15)23/h4-5,7,9-11,16H,6,8,12-14H2,1-3H3,(H,24,26)/t16-/m1/s1. The summed E-state index contributed by atoms with van der Waals surface area (Å²) in [5, 5.41) is 3.08. The summed E-state index contributed by atoms with van der Waals surface area (Å²) in [7, 11) is 4.53. The Kier molecular flexibility index (Phi) is 6.93. The molecule has 0 aliphatic carbocycles. The largest absolute Gasteiger partial charge is 0.493 e. The SMILES string of the molecule is COc1ccc(C(=O)N[C@@H]2CCCN(Cc3ccccc3F)C2)c(OC)c1OC. The normalized spacial score (nSPS) is 16.9. The van der Waals surface area contributed by atoms with Gasteiger partial charge in [0.1, 0.15) is 5.82 Å². The zero-order chi connectivity index (χ0) is 20.8. The monoisotopic (exact) mass is 402 g/mol. The number of likely N-dealkylation sites (tertiary alicyclic amines) is 1. The Morgan fingerprint density at radius 1 is 1.10 bits per heavy atom. The Hall–Kier alpha value is -2.80. The number of hydrogen-bond donors (Lipinski definition) is 1. The molecule has 1 aliphatic rings. The van der Waals surface area contributed by atoms with Crippen LogP contribution in [0.5, 0.6) is 17.2 Å². The average Bonchev–Trinajstić information content (AvgIpc) is 2.74. The third-order valence-electron chi connectivity index (χ3n) is 5.14. The Bertz CT molecular complexity index is 859. The maximum absolute atomic E-state index is 14.0. The van der Waals surface area contributed by atoms with Crippen LogP contribution >= 0.6 is 0 Å². The van der Waals surface area contributed by atoms with Gasteiger partial charge in [0.15, 0.2) is 11.5 Å². The Morgan fingerprint density at radius 2 is 1.86 bits per heavy atom. The first-order valence-corrected chi connectivity index (χ1v) is 9.63. The lowest BCUT2D eigenvalue weighted by molar-refractivity contribution is 0.0896. The molecule has 1 fully saturated rings. The van der Waals surface area contributed by atoms with Gasteiger partial charge in [-0.1, -0.05) is 18.2 Å². The quantitative estimate of drug-likeness (QED) is 0.771. The van der Waals surface area contributed by atoms with Crippen LogP contribution in [-0.4, -0.2) is 51.3 Å². The van der Waals surface area contributed by atoms with Crippen LogP contribution in [0.2, 0.25) is 0 Å². The number of nitrogens with zero attached hydrogens (tertiary/aromatic N) is 1. The average molecular weight is 402 g/mol. The Balaban J connectivity index is 1.70. The molecule has 0 unspecified atom stereocenters. The highest BCUT2D eigenvalue weighted by molar-refractivity contribution is 5.98. The van der Waals surface area contributed by atoms with E-state index in [0.717, 1.165) is 19.4 Å². The Morgan fingerprint density at radius 3 is 2.55 bits per heavy atom. The molecule has 29 heavy (non-hydrogen) atoms. The molecule has 6 nitrogen and oxygen atoms in total. The van der Waals surface area contributed by atoms with E-state index in [4.69, 9.17) is 14.2 Å².